The van der Waals surface area contributed by atoms with Crippen molar-refractivity contribution in [3.05, 3.63) is 0 Å². The number of hydrogen-bond acceptors (Lipinski definition) is 2. The molecule has 1 saturated carbocycles. The maximum Gasteiger partial charge on any atom is 0.0275 e. The van der Waals surface area contributed by atoms with Gasteiger partial charge in [0, 0.05) is 18.1 Å². The lowest BCUT2D eigenvalue weighted by atomic mass is 9.75. The van der Waals surface area contributed by atoms with Gasteiger partial charge in [0.2, 0.25) is 0 Å². The van der Waals surface area contributed by atoms with Gasteiger partial charge in [0.15, 0.2) is 0 Å². The van der Waals surface area contributed by atoms with E-state index in [1.807, 2.05) is 0 Å². The first-order valence-electron chi connectivity index (χ1n) is 7.64. The molecule has 2 nitrogen and oxygen atoms in total. The van der Waals surface area contributed by atoms with Crippen LogP contribution in [0.5, 0.6) is 0 Å². The smallest absolute Gasteiger partial charge is 0.0275 e. The van der Waals surface area contributed by atoms with Crippen LogP contribution in [-0.2, 0) is 0 Å². The van der Waals surface area contributed by atoms with Crippen molar-refractivity contribution in [1.82, 2.24) is 4.90 Å². The van der Waals surface area contributed by atoms with Crippen LogP contribution < -0.4 is 5.73 Å². The van der Waals surface area contributed by atoms with Gasteiger partial charge < -0.3 is 5.73 Å². The molecule has 0 radical (unpaired) electrons. The van der Waals surface area contributed by atoms with Gasteiger partial charge in [0.25, 0.3) is 0 Å². The van der Waals surface area contributed by atoms with Crippen molar-refractivity contribution < 1.29 is 0 Å². The Hall–Kier alpha value is -0.0800. The van der Waals surface area contributed by atoms with E-state index in [0.29, 0.717) is 12.1 Å². The van der Waals surface area contributed by atoms with Crippen LogP contribution in [0.3, 0.4) is 0 Å². The average Bonchev–Trinajstić information content (AvgIpc) is 2.28. The molecule has 2 N–H and O–H groups in total. The first-order valence-corrected chi connectivity index (χ1v) is 7.64. The summed E-state index contributed by atoms with van der Waals surface area (Å²) in [5.74, 6) is 1.60. The molecule has 5 atom stereocenters. The van der Waals surface area contributed by atoms with E-state index in [4.69, 9.17) is 5.73 Å². The van der Waals surface area contributed by atoms with Gasteiger partial charge in [-0.2, -0.15) is 0 Å². The number of piperidine rings is 1. The van der Waals surface area contributed by atoms with E-state index in [1.165, 1.54) is 45.1 Å². The van der Waals surface area contributed by atoms with E-state index in [9.17, 15) is 0 Å². The highest BCUT2D eigenvalue weighted by Crippen LogP contribution is 2.35. The third-order valence-corrected chi connectivity index (χ3v) is 5.00. The second-order valence-electron chi connectivity index (χ2n) is 6.50. The fourth-order valence-corrected chi connectivity index (χ4v) is 4.32. The van der Waals surface area contributed by atoms with E-state index in [0.717, 1.165) is 17.9 Å². The van der Waals surface area contributed by atoms with E-state index in [1.54, 1.807) is 0 Å². The predicted molar refractivity (Wildman–Crippen MR) is 74.0 cm³/mol. The summed E-state index contributed by atoms with van der Waals surface area (Å²) in [5.41, 5.74) is 6.47. The van der Waals surface area contributed by atoms with Crippen molar-refractivity contribution in [2.75, 3.05) is 6.54 Å². The van der Waals surface area contributed by atoms with E-state index >= 15 is 0 Å². The molecule has 5 unspecified atom stereocenters. The molecule has 2 rings (SSSR count). The Morgan fingerprint density at radius 1 is 1.18 bits per heavy atom. The summed E-state index contributed by atoms with van der Waals surface area (Å²) in [6.45, 7) is 8.40. The molecular weight excluding hydrogens is 208 g/mol. The van der Waals surface area contributed by atoms with E-state index in [2.05, 4.69) is 25.7 Å². The molecule has 1 aliphatic heterocycles. The topological polar surface area (TPSA) is 29.3 Å². The van der Waals surface area contributed by atoms with Crippen LogP contribution >= 0.6 is 0 Å². The van der Waals surface area contributed by atoms with Crippen LogP contribution in [0.2, 0.25) is 0 Å². The van der Waals surface area contributed by atoms with Crippen LogP contribution in [0.1, 0.15) is 59.3 Å². The number of likely N-dealkylation sites (tertiary alicyclic amines) is 1. The van der Waals surface area contributed by atoms with Crippen molar-refractivity contribution in [3.8, 4) is 0 Å². The van der Waals surface area contributed by atoms with E-state index in [-0.39, 0.29) is 0 Å². The maximum atomic E-state index is 6.47. The first-order chi connectivity index (χ1) is 8.13. The molecular formula is C15H30N2. The Kier molecular flexibility index (Phi) is 4.48. The normalized spacial score (nSPS) is 44.8. The minimum absolute atomic E-state index is 0.404. The Morgan fingerprint density at radius 2 is 1.94 bits per heavy atom. The third-order valence-electron chi connectivity index (χ3n) is 5.00. The van der Waals surface area contributed by atoms with Crippen LogP contribution in [0.25, 0.3) is 0 Å². The number of nitrogens with zero attached hydrogens (tertiary/aromatic N) is 1. The predicted octanol–water partition coefficient (Wildman–Crippen LogP) is 3.01. The molecule has 0 spiro atoms. The van der Waals surface area contributed by atoms with Gasteiger partial charge in [-0.05, 0) is 50.5 Å². The largest absolute Gasteiger partial charge is 0.326 e. The summed E-state index contributed by atoms with van der Waals surface area (Å²) in [6, 6.07) is 1.85. The van der Waals surface area contributed by atoms with Gasteiger partial charge in [-0.15, -0.1) is 0 Å². The molecule has 1 heterocycles. The van der Waals surface area contributed by atoms with Gasteiger partial charge in [-0.1, -0.05) is 27.2 Å². The zero-order chi connectivity index (χ0) is 12.4. The Bertz CT molecular complexity index is 229. The summed E-state index contributed by atoms with van der Waals surface area (Å²) in [5, 5.41) is 0. The summed E-state index contributed by atoms with van der Waals surface area (Å²) in [6.07, 6.45) is 8.07. The lowest BCUT2D eigenvalue weighted by Gasteiger charge is -2.49. The van der Waals surface area contributed by atoms with Gasteiger partial charge >= 0.3 is 0 Å². The van der Waals surface area contributed by atoms with Crippen molar-refractivity contribution >= 4 is 0 Å². The van der Waals surface area contributed by atoms with Crippen molar-refractivity contribution in [1.29, 1.82) is 0 Å². The van der Waals surface area contributed by atoms with Crippen molar-refractivity contribution in [3.63, 3.8) is 0 Å². The minimum Gasteiger partial charge on any atom is -0.326 e. The van der Waals surface area contributed by atoms with Crippen LogP contribution in [0.15, 0.2) is 0 Å². The zero-order valence-electron chi connectivity index (χ0n) is 11.9. The van der Waals surface area contributed by atoms with Crippen molar-refractivity contribution in [2.24, 2.45) is 17.6 Å². The Labute approximate surface area is 107 Å². The molecule has 0 bridgehead atoms. The van der Waals surface area contributed by atoms with Gasteiger partial charge in [-0.3, -0.25) is 4.90 Å². The molecule has 1 saturated heterocycles. The molecule has 0 amide bonds. The van der Waals surface area contributed by atoms with Crippen molar-refractivity contribution in [2.45, 2.75) is 77.4 Å². The first kappa shape index (κ1) is 13.4. The lowest BCUT2D eigenvalue weighted by molar-refractivity contribution is 0.0195. The van der Waals surface area contributed by atoms with Gasteiger partial charge in [-0.25, -0.2) is 0 Å². The highest BCUT2D eigenvalue weighted by Gasteiger charge is 2.38. The van der Waals surface area contributed by atoms with Gasteiger partial charge in [0.1, 0.15) is 0 Å². The maximum absolute atomic E-state index is 6.47. The standard InChI is InChI=1S/C15H30N2/c1-4-13-7-5-6-8-17(13)15-12(3)9-11(2)10-14(15)16/h11-15H,4-10,16H2,1-3H3. The molecule has 0 aromatic carbocycles. The molecule has 0 aromatic rings. The second-order valence-corrected chi connectivity index (χ2v) is 6.50. The molecule has 17 heavy (non-hydrogen) atoms. The number of rotatable bonds is 2. The fraction of sp³-hybridized carbons (Fsp3) is 1.00. The number of nitrogens with two attached hydrogens (primary N) is 1. The second kappa shape index (κ2) is 5.71. The van der Waals surface area contributed by atoms with Crippen LogP contribution in [-0.4, -0.2) is 29.6 Å². The SMILES string of the molecule is CCC1CCCCN1C1C(C)CC(C)CC1N. The van der Waals surface area contributed by atoms with Gasteiger partial charge in [0.05, 0.1) is 0 Å². The molecule has 2 heteroatoms. The molecule has 2 fully saturated rings. The zero-order valence-corrected chi connectivity index (χ0v) is 11.9. The molecule has 0 aromatic heterocycles. The molecule has 2 aliphatic rings. The van der Waals surface area contributed by atoms with Crippen LogP contribution in [0, 0.1) is 11.8 Å². The van der Waals surface area contributed by atoms with Crippen LogP contribution in [0.4, 0.5) is 0 Å². The van der Waals surface area contributed by atoms with E-state index < -0.39 is 0 Å². The fourth-order valence-electron chi connectivity index (χ4n) is 4.32. The minimum atomic E-state index is 0.404. The average molecular weight is 238 g/mol. The Balaban J connectivity index is 2.07. The summed E-state index contributed by atoms with van der Waals surface area (Å²) >= 11 is 0. The lowest BCUT2D eigenvalue weighted by Crippen LogP contribution is -2.58. The molecule has 100 valence electrons. The third kappa shape index (κ3) is 2.85. The molecule has 1 aliphatic carbocycles. The monoisotopic (exact) mass is 238 g/mol. The summed E-state index contributed by atoms with van der Waals surface area (Å²) in [4.78, 5) is 2.77. The highest BCUT2D eigenvalue weighted by atomic mass is 15.2. The quantitative estimate of drug-likeness (QED) is 0.801. The summed E-state index contributed by atoms with van der Waals surface area (Å²) < 4.78 is 0. The highest BCUT2D eigenvalue weighted by molar-refractivity contribution is 4.95. The summed E-state index contributed by atoms with van der Waals surface area (Å²) in [7, 11) is 0. The Morgan fingerprint density at radius 3 is 2.59 bits per heavy atom. The number of hydrogen-bond donors (Lipinski definition) is 1.